The van der Waals surface area contributed by atoms with Gasteiger partial charge in [-0.15, -0.1) is 0 Å². The summed E-state index contributed by atoms with van der Waals surface area (Å²) in [7, 11) is -7.41. The van der Waals surface area contributed by atoms with Crippen molar-refractivity contribution in [3.63, 3.8) is 0 Å². The Hall–Kier alpha value is -2.36. The van der Waals surface area contributed by atoms with E-state index < -0.39 is 41.0 Å². The molecular weight excluding hydrogens is 491 g/mol. The van der Waals surface area contributed by atoms with E-state index in [1.165, 1.54) is 18.2 Å². The van der Waals surface area contributed by atoms with Gasteiger partial charge in [0.05, 0.1) is 23.3 Å². The van der Waals surface area contributed by atoms with E-state index in [4.69, 9.17) is 0 Å². The highest BCUT2D eigenvalue weighted by molar-refractivity contribution is 7.92. The van der Waals surface area contributed by atoms with E-state index in [2.05, 4.69) is 14.8 Å². The minimum absolute atomic E-state index is 0.0745. The van der Waals surface area contributed by atoms with Crippen LogP contribution in [0.15, 0.2) is 34.3 Å². The van der Waals surface area contributed by atoms with Crippen LogP contribution in [0, 0.1) is 10.8 Å². The lowest BCUT2D eigenvalue weighted by atomic mass is 9.83. The third kappa shape index (κ3) is 5.42. The van der Waals surface area contributed by atoms with Gasteiger partial charge in [-0.25, -0.2) is 13.2 Å². The molecule has 2 aliphatic heterocycles. The van der Waals surface area contributed by atoms with Gasteiger partial charge in [0, 0.05) is 12.2 Å². The first-order valence-corrected chi connectivity index (χ1v) is 15.1. The summed E-state index contributed by atoms with van der Waals surface area (Å²) in [5.74, 6) is -0.672. The third-order valence-corrected chi connectivity index (χ3v) is 8.93. The normalized spacial score (nSPS) is 23.2. The maximum atomic E-state index is 13.7. The van der Waals surface area contributed by atoms with Crippen molar-refractivity contribution in [3.8, 4) is 0 Å². The van der Waals surface area contributed by atoms with Gasteiger partial charge in [-0.1, -0.05) is 41.5 Å². The number of amides is 1. The van der Waals surface area contributed by atoms with Crippen molar-refractivity contribution in [2.24, 2.45) is 15.6 Å². The first-order chi connectivity index (χ1) is 15.9. The molecule has 0 radical (unpaired) electrons. The molecule has 0 bridgehead atoms. The molecule has 3 rings (SSSR count). The van der Waals surface area contributed by atoms with Crippen LogP contribution in [-0.2, 0) is 19.4 Å². The Morgan fingerprint density at radius 1 is 1.23 bits per heavy atom. The number of carbonyl (C=O) groups is 1. The van der Waals surface area contributed by atoms with E-state index in [0.717, 1.165) is 12.7 Å². The molecule has 1 amide bonds. The molecule has 0 aliphatic carbocycles. The van der Waals surface area contributed by atoms with Crippen LogP contribution < -0.4 is 15.3 Å². The van der Waals surface area contributed by atoms with Gasteiger partial charge in [-0.2, -0.15) is 0 Å². The second-order valence-corrected chi connectivity index (χ2v) is 15.1. The van der Waals surface area contributed by atoms with Crippen molar-refractivity contribution in [1.29, 1.82) is 0 Å². The number of amidine groups is 1. The summed E-state index contributed by atoms with van der Waals surface area (Å²) in [4.78, 5) is 15.3. The minimum atomic E-state index is -3.84. The molecule has 1 unspecified atom stereocenters. The fourth-order valence-corrected chi connectivity index (χ4v) is 6.48. The van der Waals surface area contributed by atoms with Crippen molar-refractivity contribution in [2.45, 2.75) is 54.0 Å². The van der Waals surface area contributed by atoms with E-state index in [1.54, 1.807) is 4.90 Å². The average molecular weight is 527 g/mol. The molecule has 35 heavy (non-hydrogen) atoms. The molecule has 1 aromatic carbocycles. The molecule has 1 aromatic rings. The van der Waals surface area contributed by atoms with Crippen LogP contribution in [0.4, 0.5) is 11.4 Å². The van der Waals surface area contributed by atoms with Gasteiger partial charge in [-0.3, -0.25) is 14.1 Å². The summed E-state index contributed by atoms with van der Waals surface area (Å²) in [6, 6.07) is 3.70. The van der Waals surface area contributed by atoms with E-state index in [9.17, 15) is 28.0 Å². The topological polar surface area (TPSA) is 148 Å². The summed E-state index contributed by atoms with van der Waals surface area (Å²) in [5.41, 5.74) is -0.299. The monoisotopic (exact) mass is 526 g/mol. The molecular formula is C23H35N4O6PS. The second-order valence-electron chi connectivity index (χ2n) is 11.0. The molecule has 194 valence electrons. The molecule has 4 N–H and O–H groups in total. The molecule has 0 fully saturated rings. The Kier molecular flexibility index (Phi) is 6.96. The third-order valence-electron chi connectivity index (χ3n) is 6.30. The number of sulfonamides is 1. The standard InChI is InChI=1S/C23H35N4O6PS/c1-8-23(5,6)12-27-19(22(2,3)4)18(29)17(21(27)30)20-24-15-10-9-14(26-35(7,32)33)11-16(15)34(31,13-28)25-20/h9-11,19,26,28-29H,8,12-13H2,1-7H3,(H,24,25,31)/t19?,34-/m1/s1. The number of carbonyl (C=O) groups excluding carboxylic acids is 1. The predicted octanol–water partition coefficient (Wildman–Crippen LogP) is 3.24. The number of benzene rings is 1. The largest absolute Gasteiger partial charge is 0.509 e. The molecule has 0 saturated heterocycles. The fraction of sp³-hybridized carbons (Fsp3) is 0.565. The van der Waals surface area contributed by atoms with Crippen molar-refractivity contribution in [1.82, 2.24) is 4.90 Å². The van der Waals surface area contributed by atoms with Gasteiger partial charge >= 0.3 is 0 Å². The summed E-state index contributed by atoms with van der Waals surface area (Å²) < 4.78 is 43.4. The smallest absolute Gasteiger partial charge is 0.261 e. The number of nitrogens with one attached hydrogen (secondary N) is 2. The fourth-order valence-electron chi connectivity index (χ4n) is 4.28. The van der Waals surface area contributed by atoms with Gasteiger partial charge < -0.3 is 20.4 Å². The molecule has 0 saturated carbocycles. The zero-order chi connectivity index (χ0) is 26.6. The van der Waals surface area contributed by atoms with Crippen LogP contribution in [0.25, 0.3) is 0 Å². The summed E-state index contributed by atoms with van der Waals surface area (Å²) >= 11 is 0. The van der Waals surface area contributed by atoms with Crippen LogP contribution in [-0.4, -0.2) is 60.5 Å². The van der Waals surface area contributed by atoms with E-state index >= 15 is 0 Å². The highest BCUT2D eigenvalue weighted by Gasteiger charge is 2.49. The Balaban J connectivity index is 2.11. The number of aliphatic hydroxyl groups excluding tert-OH is 2. The lowest BCUT2D eigenvalue weighted by Gasteiger charge is -2.39. The van der Waals surface area contributed by atoms with Crippen LogP contribution in [0.3, 0.4) is 0 Å². The summed E-state index contributed by atoms with van der Waals surface area (Å²) in [5, 5.41) is 24.4. The molecule has 0 aromatic heterocycles. The number of hydrogen-bond donors (Lipinski definition) is 4. The number of aliphatic hydroxyl groups is 2. The molecule has 2 atom stereocenters. The zero-order valence-corrected chi connectivity index (χ0v) is 22.9. The number of nitrogens with zero attached hydrogens (tertiary/aromatic N) is 2. The first-order valence-electron chi connectivity index (χ1n) is 11.4. The number of fused-ring (bicyclic) bond motifs is 1. The summed E-state index contributed by atoms with van der Waals surface area (Å²) in [6.07, 6.45) is 0.982. The van der Waals surface area contributed by atoms with E-state index in [1.807, 2.05) is 41.5 Å². The quantitative estimate of drug-likeness (QED) is 0.399. The summed E-state index contributed by atoms with van der Waals surface area (Å²) in [6.45, 7) is 12.3. The number of rotatable bonds is 7. The maximum absolute atomic E-state index is 13.7. The van der Waals surface area contributed by atoms with Crippen LogP contribution in [0.1, 0.15) is 48.0 Å². The Morgan fingerprint density at radius 3 is 2.37 bits per heavy atom. The SMILES string of the molecule is CCC(C)(C)CN1C(=O)C(C2=N[P@@](=O)(CO)c3cc(NS(C)(=O)=O)ccc3N2)=C(O)C1C(C)(C)C. The zero-order valence-electron chi connectivity index (χ0n) is 21.2. The van der Waals surface area contributed by atoms with Crippen LogP contribution >= 0.6 is 7.29 Å². The second kappa shape index (κ2) is 8.94. The Bertz CT molecular complexity index is 1260. The van der Waals surface area contributed by atoms with Gasteiger partial charge in [-0.05, 0) is 35.4 Å². The molecule has 2 heterocycles. The van der Waals surface area contributed by atoms with Gasteiger partial charge in [0.25, 0.3) is 5.91 Å². The van der Waals surface area contributed by atoms with Crippen molar-refractivity contribution in [2.75, 3.05) is 29.2 Å². The van der Waals surface area contributed by atoms with Gasteiger partial charge in [0.2, 0.25) is 17.3 Å². The van der Waals surface area contributed by atoms with E-state index in [-0.39, 0.29) is 33.6 Å². The predicted molar refractivity (Wildman–Crippen MR) is 139 cm³/mol. The first kappa shape index (κ1) is 27.2. The minimum Gasteiger partial charge on any atom is -0.509 e. The highest BCUT2D eigenvalue weighted by atomic mass is 32.2. The van der Waals surface area contributed by atoms with Crippen LogP contribution in [0.2, 0.25) is 0 Å². The van der Waals surface area contributed by atoms with Crippen molar-refractivity contribution >= 4 is 45.7 Å². The lowest BCUT2D eigenvalue weighted by molar-refractivity contribution is -0.130. The number of hydrogen-bond acceptors (Lipinski definition) is 7. The molecule has 2 aliphatic rings. The lowest BCUT2D eigenvalue weighted by Crippen LogP contribution is -2.48. The molecule has 0 spiro atoms. The van der Waals surface area contributed by atoms with Crippen molar-refractivity contribution < 1.29 is 28.0 Å². The average Bonchev–Trinajstić information content (AvgIpc) is 2.96. The van der Waals surface area contributed by atoms with Gasteiger partial charge in [0.15, 0.2) is 0 Å². The Labute approximate surface area is 207 Å². The molecule has 10 nitrogen and oxygen atoms in total. The van der Waals surface area contributed by atoms with Crippen molar-refractivity contribution in [3.05, 3.63) is 29.5 Å². The van der Waals surface area contributed by atoms with E-state index in [0.29, 0.717) is 12.2 Å². The highest BCUT2D eigenvalue weighted by Crippen LogP contribution is 2.51. The maximum Gasteiger partial charge on any atom is 0.261 e. The Morgan fingerprint density at radius 2 is 1.86 bits per heavy atom. The number of anilines is 2. The van der Waals surface area contributed by atoms with Crippen LogP contribution in [0.5, 0.6) is 0 Å². The molecule has 12 heteroatoms. The van der Waals surface area contributed by atoms with Gasteiger partial charge in [0.1, 0.15) is 23.5 Å².